The first kappa shape index (κ1) is 20.3. The lowest BCUT2D eigenvalue weighted by molar-refractivity contribution is 0.0170. The van der Waals surface area contributed by atoms with E-state index in [-0.39, 0.29) is 11.9 Å². The molecule has 1 aliphatic heterocycles. The number of ether oxygens (including phenoxy) is 1. The first-order valence-corrected chi connectivity index (χ1v) is 9.73. The summed E-state index contributed by atoms with van der Waals surface area (Å²) in [6.07, 6.45) is 0. The maximum absolute atomic E-state index is 13.1. The number of morpholine rings is 1. The van der Waals surface area contributed by atoms with Crippen molar-refractivity contribution in [1.82, 2.24) is 15.5 Å². The highest BCUT2D eigenvalue weighted by atomic mass is 19.1. The number of benzene rings is 2. The first-order chi connectivity index (χ1) is 13.7. The van der Waals surface area contributed by atoms with Gasteiger partial charge in [-0.25, -0.2) is 4.39 Å². The molecule has 2 aromatic carbocycles. The number of nitrogens with one attached hydrogen (secondary N) is 2. The molecule has 1 fully saturated rings. The van der Waals surface area contributed by atoms with E-state index in [0.29, 0.717) is 6.54 Å². The number of guanidine groups is 1. The predicted molar refractivity (Wildman–Crippen MR) is 111 cm³/mol. The number of aliphatic imine (C=N–C) groups is 1. The molecule has 2 N–H and O–H groups in total. The van der Waals surface area contributed by atoms with E-state index in [0.717, 1.165) is 44.4 Å². The summed E-state index contributed by atoms with van der Waals surface area (Å²) in [6.45, 7) is 6.80. The summed E-state index contributed by atoms with van der Waals surface area (Å²) in [5.74, 6) is 0.507. The molecule has 0 aromatic heterocycles. The van der Waals surface area contributed by atoms with Gasteiger partial charge in [-0.1, -0.05) is 42.0 Å². The van der Waals surface area contributed by atoms with E-state index in [1.807, 2.05) is 0 Å². The summed E-state index contributed by atoms with van der Waals surface area (Å²) in [5, 5.41) is 6.74. The Hall–Kier alpha value is -2.44. The zero-order valence-electron chi connectivity index (χ0n) is 16.6. The molecular formula is C22H29FN4O. The first-order valence-electron chi connectivity index (χ1n) is 9.73. The zero-order valence-corrected chi connectivity index (χ0v) is 16.6. The Balaban J connectivity index is 1.62. The highest BCUT2D eigenvalue weighted by Crippen LogP contribution is 2.21. The fraction of sp³-hybridized carbons (Fsp3) is 0.409. The molecule has 1 saturated heterocycles. The molecule has 150 valence electrons. The standard InChI is InChI=1S/C22H29FN4O/c1-17-3-7-19(8-4-17)21(27-11-13-28-14-12-27)16-26-22(24-2)25-15-18-5-9-20(23)10-6-18/h3-10,21H,11-16H2,1-2H3,(H2,24,25,26). The van der Waals surface area contributed by atoms with Crippen molar-refractivity contribution >= 4 is 5.96 Å². The van der Waals surface area contributed by atoms with Crippen molar-refractivity contribution in [1.29, 1.82) is 0 Å². The van der Waals surface area contributed by atoms with E-state index in [9.17, 15) is 4.39 Å². The number of nitrogens with zero attached hydrogens (tertiary/aromatic N) is 2. The molecule has 1 atom stereocenters. The van der Waals surface area contributed by atoms with Crippen LogP contribution in [0.2, 0.25) is 0 Å². The lowest BCUT2D eigenvalue weighted by Gasteiger charge is -2.35. The third-order valence-corrected chi connectivity index (χ3v) is 5.01. The van der Waals surface area contributed by atoms with Gasteiger partial charge in [0, 0.05) is 33.2 Å². The van der Waals surface area contributed by atoms with Gasteiger partial charge in [-0.2, -0.15) is 0 Å². The summed E-state index contributed by atoms with van der Waals surface area (Å²) in [7, 11) is 1.76. The van der Waals surface area contributed by atoms with Crippen LogP contribution < -0.4 is 10.6 Å². The maximum atomic E-state index is 13.1. The third kappa shape index (κ3) is 5.78. The second kappa shape index (κ2) is 10.2. The zero-order chi connectivity index (χ0) is 19.8. The highest BCUT2D eigenvalue weighted by molar-refractivity contribution is 5.79. The Bertz CT molecular complexity index is 755. The number of hydrogen-bond donors (Lipinski definition) is 2. The van der Waals surface area contributed by atoms with E-state index >= 15 is 0 Å². The van der Waals surface area contributed by atoms with Gasteiger partial charge < -0.3 is 15.4 Å². The van der Waals surface area contributed by atoms with Crippen molar-refractivity contribution in [3.8, 4) is 0 Å². The minimum absolute atomic E-state index is 0.224. The molecule has 5 nitrogen and oxygen atoms in total. The number of rotatable bonds is 6. The van der Waals surface area contributed by atoms with Gasteiger partial charge in [0.25, 0.3) is 0 Å². The van der Waals surface area contributed by atoms with E-state index in [1.54, 1.807) is 19.2 Å². The van der Waals surface area contributed by atoms with Crippen molar-refractivity contribution in [2.24, 2.45) is 4.99 Å². The minimum Gasteiger partial charge on any atom is -0.379 e. The smallest absolute Gasteiger partial charge is 0.191 e. The van der Waals surface area contributed by atoms with Gasteiger partial charge in [-0.3, -0.25) is 9.89 Å². The largest absolute Gasteiger partial charge is 0.379 e. The molecule has 0 aliphatic carbocycles. The molecule has 0 amide bonds. The molecule has 1 aliphatic rings. The molecule has 0 saturated carbocycles. The van der Waals surface area contributed by atoms with E-state index in [1.165, 1.54) is 23.3 Å². The Morgan fingerprint density at radius 2 is 1.75 bits per heavy atom. The average Bonchev–Trinajstić information content (AvgIpc) is 2.73. The van der Waals surface area contributed by atoms with Gasteiger partial charge in [-0.15, -0.1) is 0 Å². The van der Waals surface area contributed by atoms with Crippen LogP contribution in [0.15, 0.2) is 53.5 Å². The van der Waals surface area contributed by atoms with Gasteiger partial charge in [0.05, 0.1) is 19.3 Å². The van der Waals surface area contributed by atoms with Crippen LogP contribution in [0.5, 0.6) is 0 Å². The van der Waals surface area contributed by atoms with Crippen molar-refractivity contribution < 1.29 is 9.13 Å². The summed E-state index contributed by atoms with van der Waals surface area (Å²) >= 11 is 0. The van der Waals surface area contributed by atoms with Gasteiger partial charge in [0.15, 0.2) is 5.96 Å². The predicted octanol–water partition coefficient (Wildman–Crippen LogP) is 2.87. The van der Waals surface area contributed by atoms with E-state index in [4.69, 9.17) is 4.74 Å². The molecular weight excluding hydrogens is 355 g/mol. The van der Waals surface area contributed by atoms with Crippen LogP contribution >= 0.6 is 0 Å². The van der Waals surface area contributed by atoms with Crippen LogP contribution in [-0.4, -0.2) is 50.8 Å². The lowest BCUT2D eigenvalue weighted by atomic mass is 10.0. The molecule has 6 heteroatoms. The molecule has 1 unspecified atom stereocenters. The van der Waals surface area contributed by atoms with Gasteiger partial charge >= 0.3 is 0 Å². The highest BCUT2D eigenvalue weighted by Gasteiger charge is 2.22. The summed E-state index contributed by atoms with van der Waals surface area (Å²) in [4.78, 5) is 6.78. The monoisotopic (exact) mass is 384 g/mol. The van der Waals surface area contributed by atoms with E-state index in [2.05, 4.69) is 51.7 Å². The SMILES string of the molecule is CN=C(NCc1ccc(F)cc1)NCC(c1ccc(C)cc1)N1CCOCC1. The second-order valence-corrected chi connectivity index (χ2v) is 7.01. The van der Waals surface area contributed by atoms with Crippen molar-refractivity contribution in [2.75, 3.05) is 39.9 Å². The maximum Gasteiger partial charge on any atom is 0.191 e. The molecule has 0 spiro atoms. The molecule has 2 aromatic rings. The quantitative estimate of drug-likeness (QED) is 0.594. The van der Waals surface area contributed by atoms with Crippen LogP contribution in [0.1, 0.15) is 22.7 Å². The Morgan fingerprint density at radius 3 is 2.39 bits per heavy atom. The van der Waals surface area contributed by atoms with Gasteiger partial charge in [-0.05, 0) is 30.2 Å². The molecule has 0 bridgehead atoms. The third-order valence-electron chi connectivity index (χ3n) is 5.01. The van der Waals surface area contributed by atoms with Crippen LogP contribution in [0.25, 0.3) is 0 Å². The molecule has 0 radical (unpaired) electrons. The molecule has 28 heavy (non-hydrogen) atoms. The second-order valence-electron chi connectivity index (χ2n) is 7.01. The Labute approximate surface area is 166 Å². The minimum atomic E-state index is -0.224. The normalized spacial score (nSPS) is 16.6. The van der Waals surface area contributed by atoms with Crippen LogP contribution in [0.4, 0.5) is 4.39 Å². The Morgan fingerprint density at radius 1 is 1.07 bits per heavy atom. The molecule has 3 rings (SSSR count). The molecule has 1 heterocycles. The fourth-order valence-electron chi connectivity index (χ4n) is 3.34. The summed E-state index contributed by atoms with van der Waals surface area (Å²) in [6, 6.07) is 15.5. The summed E-state index contributed by atoms with van der Waals surface area (Å²) < 4.78 is 18.6. The van der Waals surface area contributed by atoms with Crippen LogP contribution in [0.3, 0.4) is 0 Å². The Kier molecular flexibility index (Phi) is 7.39. The van der Waals surface area contributed by atoms with Gasteiger partial charge in [0.2, 0.25) is 0 Å². The lowest BCUT2D eigenvalue weighted by Crippen LogP contribution is -2.46. The van der Waals surface area contributed by atoms with E-state index < -0.39 is 0 Å². The fourth-order valence-corrected chi connectivity index (χ4v) is 3.34. The van der Waals surface area contributed by atoms with Crippen molar-refractivity contribution in [3.05, 3.63) is 71.0 Å². The number of hydrogen-bond acceptors (Lipinski definition) is 3. The number of halogens is 1. The topological polar surface area (TPSA) is 48.9 Å². The summed E-state index contributed by atoms with van der Waals surface area (Å²) in [5.41, 5.74) is 3.55. The van der Waals surface area contributed by atoms with Crippen molar-refractivity contribution in [3.63, 3.8) is 0 Å². The van der Waals surface area contributed by atoms with Crippen LogP contribution in [-0.2, 0) is 11.3 Å². The average molecular weight is 384 g/mol. The van der Waals surface area contributed by atoms with Crippen LogP contribution in [0, 0.1) is 12.7 Å². The van der Waals surface area contributed by atoms with Crippen molar-refractivity contribution in [2.45, 2.75) is 19.5 Å². The van der Waals surface area contributed by atoms with Gasteiger partial charge in [0.1, 0.15) is 5.82 Å². The number of aryl methyl sites for hydroxylation is 1.